The summed E-state index contributed by atoms with van der Waals surface area (Å²) in [5.41, 5.74) is 1.18. The van der Waals surface area contributed by atoms with Crippen LogP contribution in [0.5, 0.6) is 0 Å². The predicted molar refractivity (Wildman–Crippen MR) is 124 cm³/mol. The van der Waals surface area contributed by atoms with Crippen molar-refractivity contribution in [2.24, 2.45) is 0 Å². The number of nitrogens with one attached hydrogen (secondary N) is 1. The summed E-state index contributed by atoms with van der Waals surface area (Å²) in [6.45, 7) is 0.269. The molecule has 164 valence electrons. The maximum atomic E-state index is 12.3. The maximum Gasteiger partial charge on any atom is 0.312 e. The lowest BCUT2D eigenvalue weighted by molar-refractivity contribution is -0.146. The lowest BCUT2D eigenvalue weighted by Crippen LogP contribution is -2.23. The Morgan fingerprint density at radius 3 is 2.69 bits per heavy atom. The van der Waals surface area contributed by atoms with Gasteiger partial charge in [-0.2, -0.15) is 0 Å². The Morgan fingerprint density at radius 1 is 1.12 bits per heavy atom. The lowest BCUT2D eigenvalue weighted by Gasteiger charge is -2.11. The first-order chi connectivity index (χ1) is 15.6. The average molecular weight is 468 g/mol. The van der Waals surface area contributed by atoms with Gasteiger partial charge >= 0.3 is 5.97 Å². The minimum absolute atomic E-state index is 0.0493. The van der Waals surface area contributed by atoms with E-state index in [-0.39, 0.29) is 18.9 Å². The zero-order valence-electron chi connectivity index (χ0n) is 17.2. The number of carbonyl (C=O) groups excluding carboxylic acids is 3. The van der Waals surface area contributed by atoms with E-state index in [1.165, 1.54) is 23.1 Å². The zero-order valence-corrected chi connectivity index (χ0v) is 18.8. The number of rotatable bonds is 8. The maximum absolute atomic E-state index is 12.3. The standard InChI is InChI=1S/C23H21N3O4S2/c27-20(25-18-9-4-5-10-19(18)32-17-7-2-1-3-8-17)14-30-22(29)13-16-15-31-23(24-16)26-12-6-11-21(26)28/h1-5,7-10,15H,6,11-14H2,(H,25,27). The molecule has 2 amide bonds. The van der Waals surface area contributed by atoms with Gasteiger partial charge in [-0.1, -0.05) is 42.1 Å². The molecule has 0 spiro atoms. The van der Waals surface area contributed by atoms with E-state index < -0.39 is 11.9 Å². The lowest BCUT2D eigenvalue weighted by atomic mass is 10.3. The molecule has 0 saturated carbocycles. The molecule has 1 saturated heterocycles. The molecule has 0 aliphatic carbocycles. The van der Waals surface area contributed by atoms with Crippen molar-refractivity contribution in [1.29, 1.82) is 0 Å². The van der Waals surface area contributed by atoms with Crippen LogP contribution >= 0.6 is 23.1 Å². The fourth-order valence-corrected chi connectivity index (χ4v) is 4.95. The van der Waals surface area contributed by atoms with Gasteiger partial charge in [-0.05, 0) is 30.7 Å². The van der Waals surface area contributed by atoms with Gasteiger partial charge in [0, 0.05) is 28.1 Å². The SMILES string of the molecule is O=C(COC(=O)Cc1csc(N2CCCC2=O)n1)Nc1ccccc1Sc1ccccc1. The molecule has 1 N–H and O–H groups in total. The highest BCUT2D eigenvalue weighted by molar-refractivity contribution is 7.99. The number of carbonyl (C=O) groups is 3. The molecule has 0 unspecified atom stereocenters. The van der Waals surface area contributed by atoms with Gasteiger partial charge in [0.1, 0.15) is 0 Å². The van der Waals surface area contributed by atoms with Crippen molar-refractivity contribution in [3.8, 4) is 0 Å². The van der Waals surface area contributed by atoms with Crippen LogP contribution in [-0.4, -0.2) is 35.9 Å². The third kappa shape index (κ3) is 5.74. The summed E-state index contributed by atoms with van der Waals surface area (Å²) in [6.07, 6.45) is 1.29. The van der Waals surface area contributed by atoms with E-state index in [0.29, 0.717) is 29.5 Å². The van der Waals surface area contributed by atoms with Crippen LogP contribution in [0.25, 0.3) is 0 Å². The summed E-state index contributed by atoms with van der Waals surface area (Å²) in [7, 11) is 0. The normalized spacial score (nSPS) is 13.2. The third-order valence-corrected chi connectivity index (χ3v) is 6.66. The summed E-state index contributed by atoms with van der Waals surface area (Å²) in [5, 5.41) is 5.13. The summed E-state index contributed by atoms with van der Waals surface area (Å²) >= 11 is 2.86. The highest BCUT2D eigenvalue weighted by Crippen LogP contribution is 2.33. The van der Waals surface area contributed by atoms with Crippen molar-refractivity contribution in [3.05, 3.63) is 65.7 Å². The van der Waals surface area contributed by atoms with Crippen LogP contribution in [0.1, 0.15) is 18.5 Å². The molecule has 1 aliphatic rings. The van der Waals surface area contributed by atoms with Crippen molar-refractivity contribution in [3.63, 3.8) is 0 Å². The van der Waals surface area contributed by atoms with Crippen molar-refractivity contribution in [1.82, 2.24) is 4.98 Å². The number of para-hydroxylation sites is 1. The first-order valence-corrected chi connectivity index (χ1v) is 11.8. The smallest absolute Gasteiger partial charge is 0.312 e. The Balaban J connectivity index is 1.28. The van der Waals surface area contributed by atoms with Crippen LogP contribution in [0.3, 0.4) is 0 Å². The van der Waals surface area contributed by atoms with Gasteiger partial charge in [0.05, 0.1) is 17.8 Å². The van der Waals surface area contributed by atoms with Gasteiger partial charge in [0.15, 0.2) is 11.7 Å². The van der Waals surface area contributed by atoms with E-state index in [4.69, 9.17) is 4.74 Å². The molecule has 2 aromatic carbocycles. The second kappa shape index (κ2) is 10.4. The highest BCUT2D eigenvalue weighted by Gasteiger charge is 2.24. The van der Waals surface area contributed by atoms with E-state index in [0.717, 1.165) is 16.2 Å². The van der Waals surface area contributed by atoms with Crippen molar-refractivity contribution >= 4 is 51.7 Å². The van der Waals surface area contributed by atoms with E-state index in [2.05, 4.69) is 10.3 Å². The van der Waals surface area contributed by atoms with Gasteiger partial charge < -0.3 is 10.1 Å². The molecule has 0 bridgehead atoms. The van der Waals surface area contributed by atoms with Crippen LogP contribution in [0.2, 0.25) is 0 Å². The summed E-state index contributed by atoms with van der Waals surface area (Å²) in [5.74, 6) is -0.909. The Kier molecular flexibility index (Phi) is 7.18. The number of thiazole rings is 1. The molecule has 0 atom stereocenters. The van der Waals surface area contributed by atoms with Crippen LogP contribution in [0, 0.1) is 0 Å². The highest BCUT2D eigenvalue weighted by atomic mass is 32.2. The molecule has 7 nitrogen and oxygen atoms in total. The number of hydrogen-bond donors (Lipinski definition) is 1. The average Bonchev–Trinajstić information content (AvgIpc) is 3.43. The molecule has 3 aromatic rings. The van der Waals surface area contributed by atoms with Gasteiger partial charge in [-0.3, -0.25) is 19.3 Å². The summed E-state index contributed by atoms with van der Waals surface area (Å²) < 4.78 is 5.12. The van der Waals surface area contributed by atoms with E-state index in [1.807, 2.05) is 48.5 Å². The van der Waals surface area contributed by atoms with Crippen LogP contribution in [0.4, 0.5) is 10.8 Å². The molecular formula is C23H21N3O4S2. The van der Waals surface area contributed by atoms with E-state index in [9.17, 15) is 14.4 Å². The molecule has 1 fully saturated rings. The number of ether oxygens (including phenoxy) is 1. The largest absolute Gasteiger partial charge is 0.455 e. The number of benzene rings is 2. The fraction of sp³-hybridized carbons (Fsp3) is 0.217. The molecular weight excluding hydrogens is 446 g/mol. The molecule has 1 aromatic heterocycles. The van der Waals surface area contributed by atoms with E-state index >= 15 is 0 Å². The van der Waals surface area contributed by atoms with Gasteiger partial charge in [-0.15, -0.1) is 11.3 Å². The predicted octanol–water partition coefficient (Wildman–Crippen LogP) is 4.15. The molecule has 32 heavy (non-hydrogen) atoms. The van der Waals surface area contributed by atoms with Crippen LogP contribution in [0.15, 0.2) is 69.8 Å². The van der Waals surface area contributed by atoms with Gasteiger partial charge in [-0.25, -0.2) is 4.98 Å². The van der Waals surface area contributed by atoms with Crippen molar-refractivity contribution in [2.45, 2.75) is 29.1 Å². The van der Waals surface area contributed by atoms with Crippen LogP contribution in [-0.2, 0) is 25.5 Å². The molecule has 1 aliphatic heterocycles. The Hall–Kier alpha value is -3.17. The monoisotopic (exact) mass is 467 g/mol. The second-order valence-corrected chi connectivity index (χ2v) is 9.02. The minimum Gasteiger partial charge on any atom is -0.455 e. The Labute approximate surface area is 193 Å². The van der Waals surface area contributed by atoms with Gasteiger partial charge in [0.2, 0.25) is 5.91 Å². The van der Waals surface area contributed by atoms with E-state index in [1.54, 1.807) is 16.3 Å². The fourth-order valence-electron chi connectivity index (χ4n) is 3.16. The first kappa shape index (κ1) is 22.0. The third-order valence-electron chi connectivity index (χ3n) is 4.67. The minimum atomic E-state index is -0.545. The Bertz CT molecular complexity index is 1120. The van der Waals surface area contributed by atoms with Crippen LogP contribution < -0.4 is 10.2 Å². The molecule has 9 heteroatoms. The molecule has 2 heterocycles. The second-order valence-electron chi connectivity index (χ2n) is 7.07. The molecule has 0 radical (unpaired) electrons. The van der Waals surface area contributed by atoms with Crippen molar-refractivity contribution in [2.75, 3.05) is 23.4 Å². The number of amides is 2. The van der Waals surface area contributed by atoms with Gasteiger partial charge in [0.25, 0.3) is 5.91 Å². The summed E-state index contributed by atoms with van der Waals surface area (Å²) in [4.78, 5) is 44.2. The van der Waals surface area contributed by atoms with Crippen molar-refractivity contribution < 1.29 is 19.1 Å². The quantitative estimate of drug-likeness (QED) is 0.501. The summed E-state index contributed by atoms with van der Waals surface area (Å²) in [6, 6.07) is 17.3. The number of anilines is 2. The number of hydrogen-bond acceptors (Lipinski definition) is 7. The molecule has 4 rings (SSSR count). The zero-order chi connectivity index (χ0) is 22.3. The Morgan fingerprint density at radius 2 is 1.91 bits per heavy atom. The number of aromatic nitrogens is 1. The first-order valence-electron chi connectivity index (χ1n) is 10.1. The topological polar surface area (TPSA) is 88.6 Å². The number of nitrogens with zero attached hydrogens (tertiary/aromatic N) is 2. The number of esters is 1.